The van der Waals surface area contributed by atoms with Crippen molar-refractivity contribution in [1.29, 1.82) is 0 Å². The van der Waals surface area contributed by atoms with E-state index >= 15 is 0 Å². The first-order chi connectivity index (χ1) is 9.34. The van der Waals surface area contributed by atoms with E-state index in [-0.39, 0.29) is 0 Å². The molecule has 112 valence electrons. The van der Waals surface area contributed by atoms with Gasteiger partial charge in [-0.1, -0.05) is 42.8 Å². The van der Waals surface area contributed by atoms with Crippen molar-refractivity contribution in [1.82, 2.24) is 4.90 Å². The lowest BCUT2D eigenvalue weighted by Gasteiger charge is -2.37. The number of hydrogen-bond donors (Lipinski definition) is 0. The summed E-state index contributed by atoms with van der Waals surface area (Å²) >= 11 is 3.83. The number of halogens is 1. The van der Waals surface area contributed by atoms with E-state index in [0.717, 1.165) is 13.0 Å². The number of likely N-dealkylation sites (tertiary alicyclic amines) is 1. The Labute approximate surface area is 132 Å². The standard InChI is InChI=1S/C18H28BrN/c1-6-16-13(2)11-15(17(19)14(16)3)12-20-9-7-18(4,5)8-10-20/h11H,6-10,12H2,1-5H3. The van der Waals surface area contributed by atoms with Crippen LogP contribution in [0.4, 0.5) is 0 Å². The van der Waals surface area contributed by atoms with Gasteiger partial charge in [0.1, 0.15) is 0 Å². The molecular weight excluding hydrogens is 310 g/mol. The smallest absolute Gasteiger partial charge is 0.0252 e. The van der Waals surface area contributed by atoms with Crippen molar-refractivity contribution < 1.29 is 0 Å². The summed E-state index contributed by atoms with van der Waals surface area (Å²) in [7, 11) is 0. The minimum atomic E-state index is 0.533. The summed E-state index contributed by atoms with van der Waals surface area (Å²) in [5, 5.41) is 0. The lowest BCUT2D eigenvalue weighted by Crippen LogP contribution is -2.36. The van der Waals surface area contributed by atoms with Gasteiger partial charge in [-0.25, -0.2) is 0 Å². The maximum atomic E-state index is 3.83. The van der Waals surface area contributed by atoms with E-state index in [2.05, 4.69) is 61.5 Å². The first kappa shape index (κ1) is 16.0. The maximum Gasteiger partial charge on any atom is 0.0252 e. The highest BCUT2D eigenvalue weighted by Crippen LogP contribution is 2.33. The van der Waals surface area contributed by atoms with Gasteiger partial charge < -0.3 is 0 Å². The fourth-order valence-electron chi connectivity index (χ4n) is 3.30. The second kappa shape index (κ2) is 6.19. The van der Waals surface area contributed by atoms with E-state index in [0.29, 0.717) is 5.41 Å². The number of nitrogens with zero attached hydrogens (tertiary/aromatic N) is 1. The molecular formula is C18H28BrN. The summed E-state index contributed by atoms with van der Waals surface area (Å²) in [5.41, 5.74) is 6.36. The number of benzene rings is 1. The normalized spacial score (nSPS) is 19.3. The third-order valence-corrected chi connectivity index (χ3v) is 5.99. The van der Waals surface area contributed by atoms with Crippen LogP contribution in [0.3, 0.4) is 0 Å². The second-order valence-electron chi connectivity index (χ2n) is 7.06. The van der Waals surface area contributed by atoms with Gasteiger partial charge in [-0.15, -0.1) is 0 Å². The van der Waals surface area contributed by atoms with E-state index < -0.39 is 0 Å². The van der Waals surface area contributed by atoms with E-state index in [9.17, 15) is 0 Å². The fraction of sp³-hybridized carbons (Fsp3) is 0.667. The molecule has 1 aliphatic rings. The molecule has 1 saturated heterocycles. The summed E-state index contributed by atoms with van der Waals surface area (Å²) < 4.78 is 1.32. The van der Waals surface area contributed by atoms with Crippen molar-refractivity contribution in [3.8, 4) is 0 Å². The first-order valence-corrected chi connectivity index (χ1v) is 8.63. The van der Waals surface area contributed by atoms with Crippen LogP contribution in [0.15, 0.2) is 10.5 Å². The molecule has 2 rings (SSSR count). The van der Waals surface area contributed by atoms with Crippen molar-refractivity contribution in [2.45, 2.75) is 60.4 Å². The Bertz CT molecular complexity index is 481. The zero-order valence-electron chi connectivity index (χ0n) is 13.6. The quantitative estimate of drug-likeness (QED) is 0.727. The molecule has 0 spiro atoms. The van der Waals surface area contributed by atoms with Crippen molar-refractivity contribution >= 4 is 15.9 Å². The van der Waals surface area contributed by atoms with E-state index in [4.69, 9.17) is 0 Å². The van der Waals surface area contributed by atoms with Crippen LogP contribution in [-0.2, 0) is 13.0 Å². The van der Waals surface area contributed by atoms with E-state index in [1.165, 1.54) is 52.7 Å². The van der Waals surface area contributed by atoms with Crippen molar-refractivity contribution in [3.05, 3.63) is 32.8 Å². The molecule has 0 radical (unpaired) electrons. The number of hydrogen-bond acceptors (Lipinski definition) is 1. The van der Waals surface area contributed by atoms with Crippen LogP contribution >= 0.6 is 15.9 Å². The maximum absolute atomic E-state index is 3.83. The van der Waals surface area contributed by atoms with E-state index in [1.54, 1.807) is 0 Å². The van der Waals surface area contributed by atoms with Crippen LogP contribution in [0.1, 0.15) is 55.9 Å². The van der Waals surface area contributed by atoms with Gasteiger partial charge in [0.05, 0.1) is 0 Å². The molecule has 0 aliphatic carbocycles. The molecule has 1 fully saturated rings. The summed E-state index contributed by atoms with van der Waals surface area (Å²) in [6, 6.07) is 2.38. The molecule has 1 nitrogen and oxygen atoms in total. The van der Waals surface area contributed by atoms with Gasteiger partial charge in [-0.05, 0) is 73.9 Å². The molecule has 1 aromatic carbocycles. The average molecular weight is 338 g/mol. The Kier molecular flexibility index (Phi) is 4.96. The monoisotopic (exact) mass is 337 g/mol. The fourth-order valence-corrected chi connectivity index (χ4v) is 3.78. The third-order valence-electron chi connectivity index (χ3n) is 4.89. The lowest BCUT2D eigenvalue weighted by atomic mass is 9.82. The van der Waals surface area contributed by atoms with Gasteiger partial charge in [0.25, 0.3) is 0 Å². The summed E-state index contributed by atoms with van der Waals surface area (Å²) in [4.78, 5) is 2.61. The second-order valence-corrected chi connectivity index (χ2v) is 7.86. The molecule has 0 unspecified atom stereocenters. The van der Waals surface area contributed by atoms with Gasteiger partial charge in [0, 0.05) is 11.0 Å². The molecule has 0 N–H and O–H groups in total. The highest BCUT2D eigenvalue weighted by molar-refractivity contribution is 9.10. The predicted octanol–water partition coefficient (Wildman–Crippen LogP) is 5.25. The Hall–Kier alpha value is -0.340. The molecule has 20 heavy (non-hydrogen) atoms. The van der Waals surface area contributed by atoms with Crippen LogP contribution in [-0.4, -0.2) is 18.0 Å². The average Bonchev–Trinajstić information content (AvgIpc) is 2.38. The largest absolute Gasteiger partial charge is 0.299 e. The summed E-state index contributed by atoms with van der Waals surface area (Å²) in [5.74, 6) is 0. The zero-order chi connectivity index (χ0) is 14.9. The van der Waals surface area contributed by atoms with Gasteiger partial charge in [-0.2, -0.15) is 0 Å². The summed E-state index contributed by atoms with van der Waals surface area (Å²) in [6.45, 7) is 15.1. The van der Waals surface area contributed by atoms with Crippen molar-refractivity contribution in [3.63, 3.8) is 0 Å². The number of piperidine rings is 1. The van der Waals surface area contributed by atoms with E-state index in [1.807, 2.05) is 0 Å². The van der Waals surface area contributed by atoms with Gasteiger partial charge in [0.2, 0.25) is 0 Å². The molecule has 2 heteroatoms. The van der Waals surface area contributed by atoms with Crippen LogP contribution < -0.4 is 0 Å². The predicted molar refractivity (Wildman–Crippen MR) is 91.3 cm³/mol. The van der Waals surface area contributed by atoms with Gasteiger partial charge in [-0.3, -0.25) is 4.90 Å². The molecule has 1 aromatic rings. The Balaban J connectivity index is 2.15. The molecule has 1 heterocycles. The molecule has 0 amide bonds. The summed E-state index contributed by atoms with van der Waals surface area (Å²) in [6.07, 6.45) is 3.75. The van der Waals surface area contributed by atoms with Crippen LogP contribution in [0.5, 0.6) is 0 Å². The minimum absolute atomic E-state index is 0.533. The number of aryl methyl sites for hydroxylation is 1. The lowest BCUT2D eigenvalue weighted by molar-refractivity contribution is 0.127. The Morgan fingerprint density at radius 2 is 1.80 bits per heavy atom. The molecule has 0 atom stereocenters. The first-order valence-electron chi connectivity index (χ1n) is 7.84. The Morgan fingerprint density at radius 3 is 2.35 bits per heavy atom. The molecule has 0 saturated carbocycles. The van der Waals surface area contributed by atoms with Crippen LogP contribution in [0, 0.1) is 19.3 Å². The molecule has 0 bridgehead atoms. The Morgan fingerprint density at radius 1 is 1.20 bits per heavy atom. The van der Waals surface area contributed by atoms with Crippen molar-refractivity contribution in [2.75, 3.05) is 13.1 Å². The molecule has 0 aromatic heterocycles. The van der Waals surface area contributed by atoms with Gasteiger partial charge in [0.15, 0.2) is 0 Å². The minimum Gasteiger partial charge on any atom is -0.299 e. The number of rotatable bonds is 3. The van der Waals surface area contributed by atoms with Gasteiger partial charge >= 0.3 is 0 Å². The topological polar surface area (TPSA) is 3.24 Å². The highest BCUT2D eigenvalue weighted by Gasteiger charge is 2.25. The van der Waals surface area contributed by atoms with Crippen molar-refractivity contribution in [2.24, 2.45) is 5.41 Å². The molecule has 1 aliphatic heterocycles. The van der Waals surface area contributed by atoms with Crippen LogP contribution in [0.2, 0.25) is 0 Å². The third kappa shape index (κ3) is 3.46. The SMILES string of the molecule is CCc1c(C)cc(CN2CCC(C)(C)CC2)c(Br)c1C. The van der Waals surface area contributed by atoms with Crippen LogP contribution in [0.25, 0.3) is 0 Å². The highest BCUT2D eigenvalue weighted by atomic mass is 79.9. The zero-order valence-corrected chi connectivity index (χ0v) is 15.2.